The molecule has 5 unspecified atom stereocenters. The number of halogens is 1. The van der Waals surface area contributed by atoms with E-state index < -0.39 is 12.1 Å². The number of H-pyrrole nitrogens is 1. The Hall–Kier alpha value is -2.85. The number of aromatic amines is 1. The van der Waals surface area contributed by atoms with Crippen molar-refractivity contribution in [3.63, 3.8) is 0 Å². The van der Waals surface area contributed by atoms with Crippen molar-refractivity contribution in [1.82, 2.24) is 15.2 Å². The van der Waals surface area contributed by atoms with Gasteiger partial charge in [-0.1, -0.05) is 24.1 Å². The van der Waals surface area contributed by atoms with E-state index in [2.05, 4.69) is 16.4 Å². The van der Waals surface area contributed by atoms with Crippen molar-refractivity contribution in [2.24, 2.45) is 17.8 Å². The highest BCUT2D eigenvalue weighted by atomic mass is 35.5. The lowest BCUT2D eigenvalue weighted by atomic mass is 9.92. The number of Topliss-reactive ketones (excluding diaryl/α,β-unsaturated/α-hetero) is 1. The van der Waals surface area contributed by atoms with Crippen molar-refractivity contribution in [3.8, 4) is 6.07 Å². The van der Waals surface area contributed by atoms with Gasteiger partial charge in [-0.15, -0.1) is 0 Å². The second-order valence-corrected chi connectivity index (χ2v) is 10.5. The predicted octanol–water partition coefficient (Wildman–Crippen LogP) is 4.14. The topological polar surface area (TPSA) is 106 Å². The van der Waals surface area contributed by atoms with Gasteiger partial charge in [-0.25, -0.2) is 0 Å². The summed E-state index contributed by atoms with van der Waals surface area (Å²) in [6.45, 7) is 2.49. The molecule has 2 saturated carbocycles. The van der Waals surface area contributed by atoms with Crippen LogP contribution in [0.4, 0.5) is 0 Å². The third kappa shape index (κ3) is 3.98. The van der Waals surface area contributed by atoms with Crippen molar-refractivity contribution in [2.45, 2.75) is 64.0 Å². The molecule has 2 aliphatic carbocycles. The largest absolute Gasteiger partial charge is 0.350 e. The molecule has 1 aromatic carbocycles. The van der Waals surface area contributed by atoms with E-state index in [0.29, 0.717) is 30.1 Å². The van der Waals surface area contributed by atoms with Gasteiger partial charge in [-0.05, 0) is 68.6 Å². The Morgan fingerprint density at radius 3 is 2.82 bits per heavy atom. The number of fused-ring (bicyclic) bond motifs is 2. The van der Waals surface area contributed by atoms with Crippen LogP contribution in [0.1, 0.15) is 61.0 Å². The minimum absolute atomic E-state index is 0.0890. The monoisotopic (exact) mass is 480 g/mol. The first-order valence-corrected chi connectivity index (χ1v) is 12.6. The summed E-state index contributed by atoms with van der Waals surface area (Å²) >= 11 is 6.35. The zero-order valence-corrected chi connectivity index (χ0v) is 20.0. The molecule has 0 radical (unpaired) electrons. The van der Waals surface area contributed by atoms with Crippen molar-refractivity contribution < 1.29 is 14.4 Å². The van der Waals surface area contributed by atoms with Crippen LogP contribution in [0.2, 0.25) is 5.02 Å². The maximum atomic E-state index is 13.6. The van der Waals surface area contributed by atoms with Crippen molar-refractivity contribution in [1.29, 1.82) is 5.26 Å². The molecule has 2 heterocycles. The molecular formula is C26H29ClN4O3. The number of hydrogen-bond donors (Lipinski definition) is 2. The number of ketones is 1. The summed E-state index contributed by atoms with van der Waals surface area (Å²) in [6, 6.07) is 6.30. The van der Waals surface area contributed by atoms with E-state index in [0.717, 1.165) is 48.6 Å². The quantitative estimate of drug-likeness (QED) is 0.670. The Morgan fingerprint density at radius 1 is 1.29 bits per heavy atom. The Labute approximate surface area is 203 Å². The van der Waals surface area contributed by atoms with E-state index in [1.54, 1.807) is 11.0 Å². The molecule has 3 fully saturated rings. The van der Waals surface area contributed by atoms with Crippen LogP contribution in [-0.2, 0) is 9.59 Å². The van der Waals surface area contributed by atoms with Gasteiger partial charge in [0, 0.05) is 29.3 Å². The highest BCUT2D eigenvalue weighted by molar-refractivity contribution is 6.35. The van der Waals surface area contributed by atoms with Crippen molar-refractivity contribution >= 4 is 40.1 Å². The molecule has 2 amide bonds. The van der Waals surface area contributed by atoms with Crippen LogP contribution in [0, 0.1) is 36.0 Å². The number of nitriles is 1. The number of benzene rings is 1. The summed E-state index contributed by atoms with van der Waals surface area (Å²) in [5, 5.41) is 13.9. The Balaban J connectivity index is 1.38. The zero-order valence-electron chi connectivity index (χ0n) is 19.3. The number of aryl methyl sites for hydroxylation is 1. The molecule has 1 aromatic heterocycles. The Morgan fingerprint density at radius 2 is 2.12 bits per heavy atom. The van der Waals surface area contributed by atoms with Crippen LogP contribution in [-0.4, -0.2) is 46.1 Å². The fraction of sp³-hybridized carbons (Fsp3) is 0.538. The maximum Gasteiger partial charge on any atom is 0.271 e. The highest BCUT2D eigenvalue weighted by Gasteiger charge is 2.50. The van der Waals surface area contributed by atoms with E-state index in [9.17, 15) is 19.6 Å². The minimum atomic E-state index is -0.730. The highest BCUT2D eigenvalue weighted by Crippen LogP contribution is 2.43. The lowest BCUT2D eigenvalue weighted by molar-refractivity contribution is -0.127. The van der Waals surface area contributed by atoms with Crippen LogP contribution in [0.5, 0.6) is 0 Å². The first-order valence-electron chi connectivity index (χ1n) is 12.2. The van der Waals surface area contributed by atoms with Gasteiger partial charge >= 0.3 is 0 Å². The van der Waals surface area contributed by atoms with Crippen LogP contribution < -0.4 is 5.32 Å². The van der Waals surface area contributed by atoms with E-state index >= 15 is 0 Å². The Kier molecular flexibility index (Phi) is 6.11. The summed E-state index contributed by atoms with van der Waals surface area (Å²) in [7, 11) is 0. The van der Waals surface area contributed by atoms with Crippen molar-refractivity contribution in [2.75, 3.05) is 6.54 Å². The number of rotatable bonds is 5. The SMILES string of the molecule is Cc1ccc(Cl)c2cc(C(=O)N3CC4CCCC4C3C(=O)NC(C#N)CC3CCCC3=O)[nH]c12. The molecule has 8 heteroatoms. The minimum Gasteiger partial charge on any atom is -0.350 e. The summed E-state index contributed by atoms with van der Waals surface area (Å²) in [5.41, 5.74) is 2.23. The molecule has 1 aliphatic heterocycles. The first kappa shape index (κ1) is 22.9. The molecule has 5 rings (SSSR count). The van der Waals surface area contributed by atoms with E-state index in [1.807, 2.05) is 19.1 Å². The number of nitrogens with one attached hydrogen (secondary N) is 2. The summed E-state index contributed by atoms with van der Waals surface area (Å²) in [6.07, 6.45) is 5.44. The van der Waals surface area contributed by atoms with Gasteiger partial charge in [0.1, 0.15) is 23.6 Å². The maximum absolute atomic E-state index is 13.6. The number of nitrogens with zero attached hydrogens (tertiary/aromatic N) is 2. The second-order valence-electron chi connectivity index (χ2n) is 10.1. The molecule has 0 spiro atoms. The molecule has 2 N–H and O–H groups in total. The lowest BCUT2D eigenvalue weighted by Crippen LogP contribution is -2.51. The summed E-state index contributed by atoms with van der Waals surface area (Å²) in [4.78, 5) is 44.0. The third-order valence-corrected chi connectivity index (χ3v) is 8.35. The molecule has 1 saturated heterocycles. The third-order valence-electron chi connectivity index (χ3n) is 8.02. The predicted molar refractivity (Wildman–Crippen MR) is 128 cm³/mol. The molecular weight excluding hydrogens is 452 g/mol. The average molecular weight is 481 g/mol. The summed E-state index contributed by atoms with van der Waals surface area (Å²) in [5.74, 6) is -0.121. The molecule has 178 valence electrons. The molecule has 2 aromatic rings. The number of hydrogen-bond acceptors (Lipinski definition) is 4. The van der Waals surface area contributed by atoms with E-state index in [1.165, 1.54) is 0 Å². The van der Waals surface area contributed by atoms with Crippen molar-refractivity contribution in [3.05, 3.63) is 34.5 Å². The Bertz CT molecular complexity index is 1160. The normalized spacial score (nSPS) is 27.1. The first-order chi connectivity index (χ1) is 16.4. The van der Waals surface area contributed by atoms with Gasteiger partial charge in [0.05, 0.1) is 11.6 Å². The van der Waals surface area contributed by atoms with Gasteiger partial charge in [-0.2, -0.15) is 5.26 Å². The molecule has 7 nitrogen and oxygen atoms in total. The number of amides is 2. The smallest absolute Gasteiger partial charge is 0.271 e. The van der Waals surface area contributed by atoms with Gasteiger partial charge < -0.3 is 15.2 Å². The van der Waals surface area contributed by atoms with Crippen LogP contribution in [0.25, 0.3) is 10.9 Å². The van der Waals surface area contributed by atoms with E-state index in [-0.39, 0.29) is 35.4 Å². The van der Waals surface area contributed by atoms with Gasteiger partial charge in [-0.3, -0.25) is 14.4 Å². The molecule has 0 bridgehead atoms. The fourth-order valence-corrected chi connectivity index (χ4v) is 6.48. The summed E-state index contributed by atoms with van der Waals surface area (Å²) < 4.78 is 0. The standard InChI is InChI=1S/C26H29ClN4O3/c1-14-8-9-20(27)19-11-21(30-23(14)19)26(34)31-13-16-5-2-6-18(16)24(31)25(33)29-17(12-28)10-15-4-3-7-22(15)32/h8-9,11,15-18,24,30H,2-7,10,13H2,1H3,(H,29,33). The molecule has 3 aliphatic rings. The molecule has 34 heavy (non-hydrogen) atoms. The average Bonchev–Trinajstić information content (AvgIpc) is 3.59. The van der Waals surface area contributed by atoms with E-state index in [4.69, 9.17) is 11.6 Å². The number of likely N-dealkylation sites (tertiary alicyclic amines) is 1. The van der Waals surface area contributed by atoms with Gasteiger partial charge in [0.2, 0.25) is 5.91 Å². The van der Waals surface area contributed by atoms with Crippen LogP contribution >= 0.6 is 11.6 Å². The van der Waals surface area contributed by atoms with Gasteiger partial charge in [0.25, 0.3) is 5.91 Å². The fourth-order valence-electron chi connectivity index (χ4n) is 6.27. The van der Waals surface area contributed by atoms with Gasteiger partial charge in [0.15, 0.2) is 0 Å². The van der Waals surface area contributed by atoms with Crippen LogP contribution in [0.3, 0.4) is 0 Å². The lowest BCUT2D eigenvalue weighted by Gasteiger charge is -2.28. The second kappa shape index (κ2) is 9.07. The molecule has 5 atom stereocenters. The zero-order chi connectivity index (χ0) is 24.0. The number of aromatic nitrogens is 1. The van der Waals surface area contributed by atoms with Crippen LogP contribution in [0.15, 0.2) is 18.2 Å². The number of carbonyl (C=O) groups excluding carboxylic acids is 3. The number of carbonyl (C=O) groups is 3.